The van der Waals surface area contributed by atoms with E-state index in [9.17, 15) is 8.42 Å². The van der Waals surface area contributed by atoms with E-state index >= 15 is 0 Å². The first-order valence-electron chi connectivity index (χ1n) is 8.17. The van der Waals surface area contributed by atoms with Crippen molar-refractivity contribution >= 4 is 51.1 Å². The molecule has 144 valence electrons. The number of halogens is 1. The summed E-state index contributed by atoms with van der Waals surface area (Å²) < 4.78 is 23.0. The second-order valence-corrected chi connectivity index (χ2v) is 8.75. The summed E-state index contributed by atoms with van der Waals surface area (Å²) in [6.45, 7) is 5.99. The molecular weight excluding hydrogens is 483 g/mol. The monoisotopic (exact) mass is 508 g/mol. The summed E-state index contributed by atoms with van der Waals surface area (Å²) in [7, 11) is -3.17. The van der Waals surface area contributed by atoms with Crippen molar-refractivity contribution in [3.63, 3.8) is 0 Å². The molecule has 2 aromatic rings. The Morgan fingerprint density at radius 1 is 1.19 bits per heavy atom. The average molecular weight is 508 g/mol. The topological polar surface area (TPSA) is 83.5 Å². The third kappa shape index (κ3) is 7.20. The number of nitrogens with zero attached hydrogens (tertiary/aromatic N) is 2. The third-order valence-corrected chi connectivity index (χ3v) is 5.74. The summed E-state index contributed by atoms with van der Waals surface area (Å²) in [6.07, 6.45) is 4.11. The van der Waals surface area contributed by atoms with Crippen LogP contribution in [0.2, 0.25) is 0 Å². The van der Waals surface area contributed by atoms with Gasteiger partial charge in [0, 0.05) is 23.9 Å². The van der Waals surface area contributed by atoms with Crippen LogP contribution in [-0.4, -0.2) is 32.2 Å². The van der Waals surface area contributed by atoms with E-state index < -0.39 is 9.84 Å². The van der Waals surface area contributed by atoms with Gasteiger partial charge in [0.15, 0.2) is 15.8 Å². The molecule has 2 rings (SSSR count). The number of rotatable bonds is 7. The predicted octanol–water partition coefficient (Wildman–Crippen LogP) is 2.98. The first kappa shape index (κ1) is 22.8. The van der Waals surface area contributed by atoms with Gasteiger partial charge >= 0.3 is 0 Å². The van der Waals surface area contributed by atoms with Crippen LogP contribution in [0.25, 0.3) is 0 Å². The smallest absolute Gasteiger partial charge is 0.191 e. The zero-order chi connectivity index (χ0) is 18.3. The van der Waals surface area contributed by atoms with Gasteiger partial charge < -0.3 is 10.6 Å². The third-order valence-electron chi connectivity index (χ3n) is 3.47. The van der Waals surface area contributed by atoms with Gasteiger partial charge in [0.2, 0.25) is 0 Å². The molecule has 0 atom stereocenters. The van der Waals surface area contributed by atoms with Gasteiger partial charge in [0.05, 0.1) is 18.0 Å². The van der Waals surface area contributed by atoms with Crippen molar-refractivity contribution in [1.82, 2.24) is 15.6 Å². The lowest BCUT2D eigenvalue weighted by atomic mass is 10.2. The van der Waals surface area contributed by atoms with Crippen molar-refractivity contribution in [2.45, 2.75) is 38.3 Å². The minimum atomic E-state index is -3.17. The normalized spacial score (nSPS) is 11.7. The van der Waals surface area contributed by atoms with E-state index in [4.69, 9.17) is 0 Å². The van der Waals surface area contributed by atoms with Crippen LogP contribution >= 0.6 is 35.3 Å². The molecule has 0 aliphatic rings. The van der Waals surface area contributed by atoms with Crippen molar-refractivity contribution in [3.8, 4) is 0 Å². The summed E-state index contributed by atoms with van der Waals surface area (Å²) in [4.78, 5) is 10.5. The van der Waals surface area contributed by atoms with Crippen molar-refractivity contribution < 1.29 is 8.42 Å². The number of guanidine groups is 1. The van der Waals surface area contributed by atoms with Crippen molar-refractivity contribution in [2.24, 2.45) is 4.99 Å². The van der Waals surface area contributed by atoms with Crippen LogP contribution in [0.1, 0.15) is 29.3 Å². The Hall–Kier alpha value is -1.20. The van der Waals surface area contributed by atoms with Crippen LogP contribution in [0, 0.1) is 0 Å². The number of aryl methyl sites for hydroxylation is 1. The number of benzene rings is 1. The summed E-state index contributed by atoms with van der Waals surface area (Å²) in [6, 6.07) is 6.81. The SMILES string of the molecule is CCNC(=NCc1ccc(S(C)(=O)=O)cc1)NCc1ncc(CC)s1.I. The Labute approximate surface area is 176 Å². The number of thiazole rings is 1. The second kappa shape index (κ2) is 10.8. The molecule has 26 heavy (non-hydrogen) atoms. The summed E-state index contributed by atoms with van der Waals surface area (Å²) in [5.74, 6) is 0.711. The molecule has 0 unspecified atom stereocenters. The number of hydrogen-bond acceptors (Lipinski definition) is 5. The van der Waals surface area contributed by atoms with Crippen LogP contribution in [0.5, 0.6) is 0 Å². The van der Waals surface area contributed by atoms with E-state index in [1.807, 2.05) is 13.1 Å². The molecule has 1 heterocycles. The molecule has 2 N–H and O–H groups in total. The highest BCUT2D eigenvalue weighted by Crippen LogP contribution is 2.13. The maximum absolute atomic E-state index is 11.5. The highest BCUT2D eigenvalue weighted by Gasteiger charge is 2.06. The van der Waals surface area contributed by atoms with E-state index in [2.05, 4.69) is 27.5 Å². The maximum atomic E-state index is 11.5. The highest BCUT2D eigenvalue weighted by molar-refractivity contribution is 14.0. The molecule has 0 aliphatic carbocycles. The molecular formula is C17H25IN4O2S2. The quantitative estimate of drug-likeness (QED) is 0.342. The molecule has 0 bridgehead atoms. The van der Waals surface area contributed by atoms with Crippen LogP contribution in [0.15, 0.2) is 40.4 Å². The lowest BCUT2D eigenvalue weighted by molar-refractivity contribution is 0.602. The van der Waals surface area contributed by atoms with Crippen LogP contribution in [-0.2, 0) is 29.3 Å². The minimum Gasteiger partial charge on any atom is -0.357 e. The first-order valence-corrected chi connectivity index (χ1v) is 10.9. The molecule has 0 spiro atoms. The fourth-order valence-corrected chi connectivity index (χ4v) is 3.54. The van der Waals surface area contributed by atoms with E-state index in [1.165, 1.54) is 11.1 Å². The van der Waals surface area contributed by atoms with Gasteiger partial charge in [-0.25, -0.2) is 18.4 Å². The van der Waals surface area contributed by atoms with E-state index in [0.717, 1.165) is 23.5 Å². The zero-order valence-electron chi connectivity index (χ0n) is 15.2. The fraction of sp³-hybridized carbons (Fsp3) is 0.412. The zero-order valence-corrected chi connectivity index (χ0v) is 19.1. The number of nitrogens with one attached hydrogen (secondary N) is 2. The maximum Gasteiger partial charge on any atom is 0.191 e. The molecule has 1 aromatic heterocycles. The van der Waals surface area contributed by atoms with Crippen molar-refractivity contribution in [2.75, 3.05) is 12.8 Å². The molecule has 0 saturated heterocycles. The predicted molar refractivity (Wildman–Crippen MR) is 118 cm³/mol. The molecule has 6 nitrogen and oxygen atoms in total. The van der Waals surface area contributed by atoms with Gasteiger partial charge in [0.25, 0.3) is 0 Å². The van der Waals surface area contributed by atoms with Gasteiger partial charge in [-0.2, -0.15) is 0 Å². The minimum absolute atomic E-state index is 0. The molecule has 0 radical (unpaired) electrons. The fourth-order valence-electron chi connectivity index (χ4n) is 2.11. The van der Waals surface area contributed by atoms with Crippen LogP contribution < -0.4 is 10.6 Å². The second-order valence-electron chi connectivity index (χ2n) is 5.54. The van der Waals surface area contributed by atoms with Gasteiger partial charge in [-0.1, -0.05) is 19.1 Å². The summed E-state index contributed by atoms with van der Waals surface area (Å²) in [5.41, 5.74) is 0.951. The van der Waals surface area contributed by atoms with Crippen molar-refractivity contribution in [1.29, 1.82) is 0 Å². The summed E-state index contributed by atoms with van der Waals surface area (Å²) in [5, 5.41) is 7.50. The van der Waals surface area contributed by atoms with E-state index in [0.29, 0.717) is 23.9 Å². The number of sulfone groups is 1. The molecule has 9 heteroatoms. The molecule has 0 aliphatic heterocycles. The van der Waals surface area contributed by atoms with Crippen LogP contribution in [0.4, 0.5) is 0 Å². The lowest BCUT2D eigenvalue weighted by Gasteiger charge is -2.10. The molecule has 0 saturated carbocycles. The van der Waals surface area contributed by atoms with Gasteiger partial charge in [-0.3, -0.25) is 0 Å². The van der Waals surface area contributed by atoms with E-state index in [1.54, 1.807) is 35.6 Å². The Balaban J connectivity index is 0.00000338. The lowest BCUT2D eigenvalue weighted by Crippen LogP contribution is -2.36. The number of aliphatic imine (C=N–C) groups is 1. The number of hydrogen-bond donors (Lipinski definition) is 2. The Kier molecular flexibility index (Phi) is 9.51. The molecule has 0 fully saturated rings. The Bertz CT molecular complexity index is 818. The standard InChI is InChI=1S/C17H24N4O2S2.HI/c1-4-14-11-19-16(24-14)12-21-17(18-5-2)20-10-13-6-8-15(9-7-13)25(3,22)23;/h6-9,11H,4-5,10,12H2,1-3H3,(H2,18,20,21);1H. The highest BCUT2D eigenvalue weighted by atomic mass is 127. The van der Waals surface area contributed by atoms with Gasteiger partial charge in [-0.15, -0.1) is 35.3 Å². The van der Waals surface area contributed by atoms with Crippen molar-refractivity contribution in [3.05, 3.63) is 45.9 Å². The van der Waals surface area contributed by atoms with Gasteiger partial charge in [-0.05, 0) is 31.0 Å². The molecule has 0 amide bonds. The Morgan fingerprint density at radius 3 is 2.42 bits per heavy atom. The Morgan fingerprint density at radius 2 is 1.88 bits per heavy atom. The average Bonchev–Trinajstić information content (AvgIpc) is 3.05. The van der Waals surface area contributed by atoms with Gasteiger partial charge in [0.1, 0.15) is 5.01 Å². The van der Waals surface area contributed by atoms with E-state index in [-0.39, 0.29) is 24.0 Å². The largest absolute Gasteiger partial charge is 0.357 e. The summed E-state index contributed by atoms with van der Waals surface area (Å²) >= 11 is 1.70. The first-order chi connectivity index (χ1) is 11.9. The molecule has 1 aromatic carbocycles. The number of aromatic nitrogens is 1. The van der Waals surface area contributed by atoms with Crippen LogP contribution in [0.3, 0.4) is 0 Å².